The smallest absolute Gasteiger partial charge is 0.138 e. The van der Waals surface area contributed by atoms with Crippen LogP contribution in [0.2, 0.25) is 0 Å². The lowest BCUT2D eigenvalue weighted by Gasteiger charge is -2.13. The van der Waals surface area contributed by atoms with E-state index in [4.69, 9.17) is 0 Å². The van der Waals surface area contributed by atoms with Gasteiger partial charge in [0, 0.05) is 18.5 Å². The van der Waals surface area contributed by atoms with E-state index in [0.29, 0.717) is 0 Å². The van der Waals surface area contributed by atoms with Gasteiger partial charge in [-0.05, 0) is 25.5 Å². The van der Waals surface area contributed by atoms with Crippen molar-refractivity contribution < 1.29 is 0 Å². The van der Waals surface area contributed by atoms with Gasteiger partial charge in [-0.15, -0.1) is 11.3 Å². The summed E-state index contributed by atoms with van der Waals surface area (Å²) in [5, 5.41) is 7.81. The fourth-order valence-electron chi connectivity index (χ4n) is 2.21. The van der Waals surface area contributed by atoms with Gasteiger partial charge < -0.3 is 10.6 Å². The molecule has 2 aromatic heterocycles. The molecule has 1 aliphatic rings. The molecule has 0 saturated heterocycles. The van der Waals surface area contributed by atoms with E-state index in [1.807, 2.05) is 14.0 Å². The molecular weight excluding hydrogens is 220 g/mol. The summed E-state index contributed by atoms with van der Waals surface area (Å²) in [6.07, 6.45) is 1.08. The van der Waals surface area contributed by atoms with Crippen LogP contribution in [-0.4, -0.2) is 23.6 Å². The Morgan fingerprint density at radius 1 is 1.38 bits per heavy atom. The molecule has 3 heterocycles. The van der Waals surface area contributed by atoms with Crippen molar-refractivity contribution >= 4 is 27.4 Å². The summed E-state index contributed by atoms with van der Waals surface area (Å²) in [5.41, 5.74) is 1.43. The summed E-state index contributed by atoms with van der Waals surface area (Å²) in [7, 11) is 1.92. The lowest BCUT2D eigenvalue weighted by Crippen LogP contribution is -2.22. The average Bonchev–Trinajstić information content (AvgIpc) is 2.65. The number of fused-ring (bicyclic) bond motifs is 3. The third-order valence-corrected chi connectivity index (χ3v) is 4.05. The summed E-state index contributed by atoms with van der Waals surface area (Å²) >= 11 is 1.79. The van der Waals surface area contributed by atoms with Crippen LogP contribution in [0.3, 0.4) is 0 Å². The second-order valence-electron chi connectivity index (χ2n) is 3.98. The minimum absolute atomic E-state index is 0.836. The Morgan fingerprint density at radius 2 is 2.25 bits per heavy atom. The first-order valence-electron chi connectivity index (χ1n) is 5.47. The predicted octanol–water partition coefficient (Wildman–Crippen LogP) is 1.69. The quantitative estimate of drug-likeness (QED) is 0.788. The first kappa shape index (κ1) is 9.99. The lowest BCUT2D eigenvalue weighted by atomic mass is 10.1. The maximum atomic E-state index is 4.53. The Hall–Kier alpha value is -1.20. The SMILES string of the molecule is CNc1nc(C)nc2sc3c(c12)CCNC3. The van der Waals surface area contributed by atoms with Gasteiger partial charge in [-0.25, -0.2) is 9.97 Å². The van der Waals surface area contributed by atoms with E-state index >= 15 is 0 Å². The Bertz CT molecular complexity index is 546. The van der Waals surface area contributed by atoms with Gasteiger partial charge in [0.2, 0.25) is 0 Å². The summed E-state index contributed by atoms with van der Waals surface area (Å²) in [6, 6.07) is 0. The lowest BCUT2D eigenvalue weighted by molar-refractivity contribution is 0.657. The van der Waals surface area contributed by atoms with E-state index in [9.17, 15) is 0 Å². The largest absolute Gasteiger partial charge is 0.372 e. The first-order valence-corrected chi connectivity index (χ1v) is 6.28. The third kappa shape index (κ3) is 1.39. The number of nitrogens with one attached hydrogen (secondary N) is 2. The molecule has 0 amide bonds. The molecule has 0 bridgehead atoms. The first-order chi connectivity index (χ1) is 7.79. The molecule has 2 aromatic rings. The molecule has 0 unspecified atom stereocenters. The number of hydrogen-bond acceptors (Lipinski definition) is 5. The van der Waals surface area contributed by atoms with Crippen LogP contribution in [0.4, 0.5) is 5.82 Å². The molecule has 2 N–H and O–H groups in total. The zero-order valence-electron chi connectivity index (χ0n) is 9.42. The highest BCUT2D eigenvalue weighted by atomic mass is 32.1. The fraction of sp³-hybridized carbons (Fsp3) is 0.455. The highest BCUT2D eigenvalue weighted by molar-refractivity contribution is 7.19. The van der Waals surface area contributed by atoms with Crippen LogP contribution in [0.1, 0.15) is 16.3 Å². The number of anilines is 1. The molecule has 5 heteroatoms. The summed E-state index contributed by atoms with van der Waals surface area (Å²) in [4.78, 5) is 11.5. The van der Waals surface area contributed by atoms with E-state index in [-0.39, 0.29) is 0 Å². The van der Waals surface area contributed by atoms with Gasteiger partial charge in [0.15, 0.2) is 0 Å². The molecule has 84 valence electrons. The monoisotopic (exact) mass is 234 g/mol. The normalized spacial score (nSPS) is 15.1. The van der Waals surface area contributed by atoms with E-state index in [0.717, 1.165) is 36.0 Å². The van der Waals surface area contributed by atoms with Crippen LogP contribution in [-0.2, 0) is 13.0 Å². The van der Waals surface area contributed by atoms with Gasteiger partial charge in [-0.3, -0.25) is 0 Å². The molecule has 1 aliphatic heterocycles. The standard InChI is InChI=1S/C11H14N4S/c1-6-14-10(12-2)9-7-3-4-13-5-8(7)16-11(9)15-6/h13H,3-5H2,1-2H3,(H,12,14,15). The van der Waals surface area contributed by atoms with Crippen molar-refractivity contribution in [3.8, 4) is 0 Å². The van der Waals surface area contributed by atoms with Crippen molar-refractivity contribution in [2.24, 2.45) is 0 Å². The van der Waals surface area contributed by atoms with Crippen LogP contribution < -0.4 is 10.6 Å². The van der Waals surface area contributed by atoms with Gasteiger partial charge in [0.05, 0.1) is 5.39 Å². The molecule has 0 aliphatic carbocycles. The average molecular weight is 234 g/mol. The van der Waals surface area contributed by atoms with Crippen molar-refractivity contribution in [3.05, 3.63) is 16.3 Å². The zero-order chi connectivity index (χ0) is 11.1. The number of nitrogens with zero attached hydrogens (tertiary/aromatic N) is 2. The van der Waals surface area contributed by atoms with Crippen LogP contribution in [0.15, 0.2) is 0 Å². The predicted molar refractivity (Wildman–Crippen MR) is 67.1 cm³/mol. The molecule has 0 fully saturated rings. The second kappa shape index (κ2) is 3.68. The molecule has 3 rings (SSSR count). The molecule has 16 heavy (non-hydrogen) atoms. The molecule has 0 aromatic carbocycles. The van der Waals surface area contributed by atoms with Gasteiger partial charge in [-0.2, -0.15) is 0 Å². The molecular formula is C11H14N4S. The summed E-state index contributed by atoms with van der Waals surface area (Å²) < 4.78 is 0. The van der Waals surface area contributed by atoms with Crippen molar-refractivity contribution in [2.75, 3.05) is 18.9 Å². The highest BCUT2D eigenvalue weighted by Crippen LogP contribution is 2.35. The number of thiophene rings is 1. The van der Waals surface area contributed by atoms with Crippen molar-refractivity contribution in [1.29, 1.82) is 0 Å². The molecule has 0 spiro atoms. The van der Waals surface area contributed by atoms with Gasteiger partial charge >= 0.3 is 0 Å². The molecule has 4 nitrogen and oxygen atoms in total. The number of aromatic nitrogens is 2. The van der Waals surface area contributed by atoms with Crippen LogP contribution in [0.25, 0.3) is 10.2 Å². The Morgan fingerprint density at radius 3 is 3.06 bits per heavy atom. The fourth-order valence-corrected chi connectivity index (χ4v) is 3.45. The number of aryl methyl sites for hydroxylation is 1. The minimum Gasteiger partial charge on any atom is -0.372 e. The highest BCUT2D eigenvalue weighted by Gasteiger charge is 2.19. The Labute approximate surface area is 98.1 Å². The van der Waals surface area contributed by atoms with E-state index in [2.05, 4.69) is 20.6 Å². The maximum Gasteiger partial charge on any atom is 0.138 e. The number of hydrogen-bond donors (Lipinski definition) is 2. The third-order valence-electron chi connectivity index (χ3n) is 2.92. The Balaban J connectivity index is 2.34. The summed E-state index contributed by atoms with van der Waals surface area (Å²) in [6.45, 7) is 3.96. The molecule has 0 saturated carbocycles. The van der Waals surface area contributed by atoms with Gasteiger partial charge in [0.1, 0.15) is 16.5 Å². The summed E-state index contributed by atoms with van der Waals surface area (Å²) in [5.74, 6) is 1.81. The Kier molecular flexibility index (Phi) is 2.29. The van der Waals surface area contributed by atoms with Gasteiger partial charge in [-0.1, -0.05) is 0 Å². The van der Waals surface area contributed by atoms with E-state index in [1.54, 1.807) is 11.3 Å². The maximum absolute atomic E-state index is 4.53. The van der Waals surface area contributed by atoms with E-state index in [1.165, 1.54) is 15.8 Å². The van der Waals surface area contributed by atoms with Crippen molar-refractivity contribution in [3.63, 3.8) is 0 Å². The van der Waals surface area contributed by atoms with Crippen LogP contribution in [0.5, 0.6) is 0 Å². The topological polar surface area (TPSA) is 49.8 Å². The van der Waals surface area contributed by atoms with E-state index < -0.39 is 0 Å². The molecule has 0 radical (unpaired) electrons. The minimum atomic E-state index is 0.836. The van der Waals surface area contributed by atoms with Crippen molar-refractivity contribution in [2.45, 2.75) is 19.9 Å². The second-order valence-corrected chi connectivity index (χ2v) is 5.06. The van der Waals surface area contributed by atoms with Crippen molar-refractivity contribution in [1.82, 2.24) is 15.3 Å². The number of rotatable bonds is 1. The van der Waals surface area contributed by atoms with Crippen LogP contribution in [0, 0.1) is 6.92 Å². The molecule has 0 atom stereocenters. The van der Waals surface area contributed by atoms with Gasteiger partial charge in [0.25, 0.3) is 0 Å². The zero-order valence-corrected chi connectivity index (χ0v) is 10.2. The van der Waals surface area contributed by atoms with Crippen LogP contribution >= 0.6 is 11.3 Å².